The number of amides is 1. The van der Waals surface area contributed by atoms with E-state index in [1.807, 2.05) is 37.3 Å². The Morgan fingerprint density at radius 2 is 1.83 bits per heavy atom. The Morgan fingerprint density at radius 3 is 2.39 bits per heavy atom. The summed E-state index contributed by atoms with van der Waals surface area (Å²) in [7, 11) is -2.99. The highest BCUT2D eigenvalue weighted by Crippen LogP contribution is 2.31. The van der Waals surface area contributed by atoms with Gasteiger partial charge in [0.1, 0.15) is 15.4 Å². The van der Waals surface area contributed by atoms with Crippen molar-refractivity contribution in [3.8, 4) is 0 Å². The standard InChI is InChI=1S/C17H26N2O3S/c1-17(19-12-6-7-13-19,15-9-4-3-5-10-15)16(20)18-11-8-14-23(2,21)22/h3-5,9-10H,6-8,11-14H2,1-2H3,(H,18,20)/t17-/m0/s1. The molecule has 1 aromatic carbocycles. The lowest BCUT2D eigenvalue weighted by Crippen LogP contribution is -2.53. The molecule has 0 aromatic heterocycles. The van der Waals surface area contributed by atoms with Crippen LogP contribution in [-0.2, 0) is 20.2 Å². The summed E-state index contributed by atoms with van der Waals surface area (Å²) in [5.41, 5.74) is 0.269. The maximum Gasteiger partial charge on any atom is 0.244 e. The van der Waals surface area contributed by atoms with Crippen molar-refractivity contribution in [2.45, 2.75) is 31.7 Å². The molecule has 1 aliphatic rings. The number of likely N-dealkylation sites (tertiary alicyclic amines) is 1. The maximum absolute atomic E-state index is 12.9. The fraction of sp³-hybridized carbons (Fsp3) is 0.588. The fourth-order valence-corrected chi connectivity index (χ4v) is 3.76. The van der Waals surface area contributed by atoms with Gasteiger partial charge in [0, 0.05) is 12.8 Å². The third-order valence-electron chi connectivity index (χ3n) is 4.49. The molecule has 1 aromatic rings. The molecule has 0 radical (unpaired) electrons. The van der Waals surface area contributed by atoms with E-state index in [-0.39, 0.29) is 11.7 Å². The van der Waals surface area contributed by atoms with Crippen molar-refractivity contribution in [1.29, 1.82) is 0 Å². The Hall–Kier alpha value is -1.40. The molecule has 1 aliphatic heterocycles. The van der Waals surface area contributed by atoms with Gasteiger partial charge in [-0.05, 0) is 44.8 Å². The zero-order chi connectivity index (χ0) is 16.9. The van der Waals surface area contributed by atoms with Crippen molar-refractivity contribution in [3.05, 3.63) is 35.9 Å². The Balaban J connectivity index is 2.09. The quantitative estimate of drug-likeness (QED) is 0.766. The topological polar surface area (TPSA) is 66.5 Å². The van der Waals surface area contributed by atoms with Crippen LogP contribution in [0.4, 0.5) is 0 Å². The van der Waals surface area contributed by atoms with E-state index < -0.39 is 15.4 Å². The molecule has 128 valence electrons. The number of carbonyl (C=O) groups excluding carboxylic acids is 1. The zero-order valence-corrected chi connectivity index (χ0v) is 14.7. The van der Waals surface area contributed by atoms with Crippen molar-refractivity contribution in [1.82, 2.24) is 10.2 Å². The summed E-state index contributed by atoms with van der Waals surface area (Å²) in [5.74, 6) is 0.0399. The predicted octanol–water partition coefficient (Wildman–Crippen LogP) is 1.55. The molecule has 6 heteroatoms. The molecule has 2 rings (SSSR count). The SMILES string of the molecule is C[C@@](C(=O)NCCCS(C)(=O)=O)(c1ccccc1)N1CCCC1. The van der Waals surface area contributed by atoms with Crippen LogP contribution in [0, 0.1) is 0 Å². The lowest BCUT2D eigenvalue weighted by Gasteiger charge is -2.37. The van der Waals surface area contributed by atoms with Crippen LogP contribution in [0.25, 0.3) is 0 Å². The average Bonchev–Trinajstić information content (AvgIpc) is 3.05. The first kappa shape index (κ1) is 17.9. The zero-order valence-electron chi connectivity index (χ0n) is 13.9. The first-order chi connectivity index (χ1) is 10.8. The molecule has 1 heterocycles. The van der Waals surface area contributed by atoms with Gasteiger partial charge in [0.15, 0.2) is 0 Å². The van der Waals surface area contributed by atoms with Gasteiger partial charge >= 0.3 is 0 Å². The first-order valence-electron chi connectivity index (χ1n) is 8.10. The van der Waals surface area contributed by atoms with Gasteiger partial charge in [0.25, 0.3) is 0 Å². The minimum atomic E-state index is -2.99. The van der Waals surface area contributed by atoms with Gasteiger partial charge in [-0.25, -0.2) is 8.42 Å². The normalized spacial score (nSPS) is 18.5. The summed E-state index contributed by atoms with van der Waals surface area (Å²) in [6.07, 6.45) is 3.86. The number of rotatable bonds is 7. The monoisotopic (exact) mass is 338 g/mol. The summed E-state index contributed by atoms with van der Waals surface area (Å²) >= 11 is 0. The lowest BCUT2D eigenvalue weighted by atomic mass is 9.89. The molecule has 1 saturated heterocycles. The highest BCUT2D eigenvalue weighted by molar-refractivity contribution is 7.90. The van der Waals surface area contributed by atoms with Crippen LogP contribution in [-0.4, -0.2) is 50.9 Å². The molecule has 1 N–H and O–H groups in total. The number of nitrogens with zero attached hydrogens (tertiary/aromatic N) is 1. The van der Waals surface area contributed by atoms with Gasteiger partial charge in [0.05, 0.1) is 5.75 Å². The van der Waals surface area contributed by atoms with Gasteiger partial charge in [-0.1, -0.05) is 30.3 Å². The molecular formula is C17H26N2O3S. The van der Waals surface area contributed by atoms with Gasteiger partial charge in [-0.3, -0.25) is 9.69 Å². The molecule has 0 bridgehead atoms. The first-order valence-corrected chi connectivity index (χ1v) is 10.2. The third kappa shape index (κ3) is 4.54. The summed E-state index contributed by atoms with van der Waals surface area (Å²) < 4.78 is 22.4. The summed E-state index contributed by atoms with van der Waals surface area (Å²) in [5, 5.41) is 2.93. The van der Waals surface area contributed by atoms with Crippen molar-refractivity contribution < 1.29 is 13.2 Å². The van der Waals surface area contributed by atoms with E-state index >= 15 is 0 Å². The van der Waals surface area contributed by atoms with E-state index in [0.717, 1.165) is 31.5 Å². The molecular weight excluding hydrogens is 312 g/mol. The Morgan fingerprint density at radius 1 is 1.22 bits per heavy atom. The number of carbonyl (C=O) groups is 1. The van der Waals surface area contributed by atoms with E-state index in [1.165, 1.54) is 6.26 Å². The van der Waals surface area contributed by atoms with E-state index in [1.54, 1.807) is 0 Å². The van der Waals surface area contributed by atoms with E-state index in [2.05, 4.69) is 10.2 Å². The van der Waals surface area contributed by atoms with Crippen LogP contribution < -0.4 is 5.32 Å². The van der Waals surface area contributed by atoms with Crippen LogP contribution in [0.2, 0.25) is 0 Å². The highest BCUT2D eigenvalue weighted by atomic mass is 32.2. The number of benzene rings is 1. The molecule has 1 amide bonds. The largest absolute Gasteiger partial charge is 0.354 e. The van der Waals surface area contributed by atoms with Crippen molar-refractivity contribution >= 4 is 15.7 Å². The summed E-state index contributed by atoms with van der Waals surface area (Å²) in [4.78, 5) is 15.1. The van der Waals surface area contributed by atoms with Crippen molar-refractivity contribution in [2.24, 2.45) is 0 Å². The molecule has 1 atom stereocenters. The Labute approximate surface area is 139 Å². The van der Waals surface area contributed by atoms with Crippen LogP contribution in [0.3, 0.4) is 0 Å². The van der Waals surface area contributed by atoms with Gasteiger partial charge in [-0.15, -0.1) is 0 Å². The molecule has 0 saturated carbocycles. The van der Waals surface area contributed by atoms with Crippen LogP contribution in [0.1, 0.15) is 31.7 Å². The second-order valence-corrected chi connectivity index (χ2v) is 8.63. The number of hydrogen-bond donors (Lipinski definition) is 1. The van der Waals surface area contributed by atoms with Crippen molar-refractivity contribution in [3.63, 3.8) is 0 Å². The predicted molar refractivity (Wildman–Crippen MR) is 91.9 cm³/mol. The summed E-state index contributed by atoms with van der Waals surface area (Å²) in [6.45, 7) is 4.14. The van der Waals surface area contributed by atoms with E-state index in [9.17, 15) is 13.2 Å². The average molecular weight is 338 g/mol. The minimum absolute atomic E-state index is 0.0564. The van der Waals surface area contributed by atoms with E-state index in [4.69, 9.17) is 0 Å². The smallest absolute Gasteiger partial charge is 0.244 e. The fourth-order valence-electron chi connectivity index (χ4n) is 3.09. The lowest BCUT2D eigenvalue weighted by molar-refractivity contribution is -0.132. The third-order valence-corrected chi connectivity index (χ3v) is 5.52. The van der Waals surface area contributed by atoms with Gasteiger partial charge < -0.3 is 5.32 Å². The summed E-state index contributed by atoms with van der Waals surface area (Å²) in [6, 6.07) is 9.79. The number of sulfone groups is 1. The Kier molecular flexibility index (Phi) is 5.81. The number of nitrogens with one attached hydrogen (secondary N) is 1. The molecule has 23 heavy (non-hydrogen) atoms. The van der Waals surface area contributed by atoms with Gasteiger partial charge in [-0.2, -0.15) is 0 Å². The number of hydrogen-bond acceptors (Lipinski definition) is 4. The van der Waals surface area contributed by atoms with Crippen LogP contribution in [0.5, 0.6) is 0 Å². The van der Waals surface area contributed by atoms with E-state index in [0.29, 0.717) is 13.0 Å². The maximum atomic E-state index is 12.9. The molecule has 0 spiro atoms. The van der Waals surface area contributed by atoms with Crippen molar-refractivity contribution in [2.75, 3.05) is 31.6 Å². The molecule has 5 nitrogen and oxygen atoms in total. The van der Waals surface area contributed by atoms with Crippen LogP contribution >= 0.6 is 0 Å². The van der Waals surface area contributed by atoms with Gasteiger partial charge in [0.2, 0.25) is 5.91 Å². The Bertz CT molecular complexity index is 624. The minimum Gasteiger partial charge on any atom is -0.354 e. The molecule has 1 fully saturated rings. The molecule has 0 unspecified atom stereocenters. The molecule has 0 aliphatic carbocycles. The second-order valence-electron chi connectivity index (χ2n) is 6.37. The van der Waals surface area contributed by atoms with Crippen LogP contribution in [0.15, 0.2) is 30.3 Å². The second kappa shape index (κ2) is 7.45. The highest BCUT2D eigenvalue weighted by Gasteiger charge is 2.41.